The number of carboxylic acids is 1. The quantitative estimate of drug-likeness (QED) is 0.427. The third-order valence-electron chi connectivity index (χ3n) is 7.51. The topological polar surface area (TPSA) is 125 Å². The molecule has 3 rings (SSSR count). The van der Waals surface area contributed by atoms with Crippen LogP contribution in [0.25, 0.3) is 0 Å². The van der Waals surface area contributed by atoms with Crippen molar-refractivity contribution in [2.45, 2.75) is 96.9 Å². The van der Waals surface area contributed by atoms with Gasteiger partial charge in [-0.1, -0.05) is 30.3 Å². The number of carbonyl (C=O) groups excluding carboxylic acids is 3. The molecule has 10 nitrogen and oxygen atoms in total. The lowest BCUT2D eigenvalue weighted by Crippen LogP contribution is -2.71. The monoisotopic (exact) mass is 545 g/mol. The average molecular weight is 546 g/mol. The van der Waals surface area contributed by atoms with Crippen LogP contribution in [-0.4, -0.2) is 82.4 Å². The van der Waals surface area contributed by atoms with E-state index in [2.05, 4.69) is 5.32 Å². The highest BCUT2D eigenvalue weighted by Crippen LogP contribution is 2.34. The molecule has 39 heavy (non-hydrogen) atoms. The van der Waals surface area contributed by atoms with Gasteiger partial charge < -0.3 is 14.6 Å². The number of ether oxygens (including phenoxy) is 2. The molecular weight excluding hydrogens is 502 g/mol. The lowest BCUT2D eigenvalue weighted by atomic mass is 9.84. The standard InChI is InChI=1S/C29H43N3O7/c1-6-38-25(35)22(16-15-21-12-8-7-9-13-21)30-29(20(2)39-27(37)28(3,4)5)17-11-19-31-18-10-14-23(24(33)34)32(31)26(29)36/h7-9,12-13,20,22-23,30H,6,10-11,14-19H2,1-5H3,(H,33,34)/t20-,22-,23?,29+/m0/s1. The van der Waals surface area contributed by atoms with Gasteiger partial charge in [-0.3, -0.25) is 24.7 Å². The molecule has 0 saturated carbocycles. The SMILES string of the molecule is CCOC(=O)[C@H](CCc1ccccc1)N[C@@]1([C@H](C)OC(=O)C(C)(C)C)CCCN2CCCC(C(=O)O)N2C1=O. The Hall–Kier alpha value is -2.98. The van der Waals surface area contributed by atoms with Crippen molar-refractivity contribution >= 4 is 23.8 Å². The molecule has 1 amide bonds. The zero-order valence-corrected chi connectivity index (χ0v) is 23.8. The van der Waals surface area contributed by atoms with Crippen molar-refractivity contribution in [3.05, 3.63) is 35.9 Å². The summed E-state index contributed by atoms with van der Waals surface area (Å²) >= 11 is 0. The molecule has 2 N–H and O–H groups in total. The van der Waals surface area contributed by atoms with Crippen molar-refractivity contribution in [2.75, 3.05) is 19.7 Å². The molecule has 0 radical (unpaired) electrons. The predicted molar refractivity (Wildman–Crippen MR) is 144 cm³/mol. The second-order valence-corrected chi connectivity index (χ2v) is 11.4. The largest absolute Gasteiger partial charge is 0.480 e. The molecule has 1 aromatic rings. The molecule has 0 aliphatic carbocycles. The number of nitrogens with zero attached hydrogens (tertiary/aromatic N) is 2. The molecule has 0 bridgehead atoms. The van der Waals surface area contributed by atoms with E-state index >= 15 is 0 Å². The minimum absolute atomic E-state index is 0.166. The maximum atomic E-state index is 14.5. The number of hydrogen-bond acceptors (Lipinski definition) is 8. The average Bonchev–Trinajstić information content (AvgIpc) is 3.03. The summed E-state index contributed by atoms with van der Waals surface area (Å²) in [4.78, 5) is 52.9. The number of benzene rings is 1. The molecule has 2 aliphatic rings. The number of fused-ring (bicyclic) bond motifs is 1. The van der Waals surface area contributed by atoms with Gasteiger partial charge in [0.05, 0.1) is 12.0 Å². The van der Waals surface area contributed by atoms with Crippen molar-refractivity contribution in [1.29, 1.82) is 0 Å². The highest BCUT2D eigenvalue weighted by atomic mass is 16.5. The number of aryl methyl sites for hydroxylation is 1. The number of aliphatic carboxylic acids is 1. The van der Waals surface area contributed by atoms with E-state index in [1.54, 1.807) is 39.6 Å². The lowest BCUT2D eigenvalue weighted by molar-refractivity contribution is -0.184. The fourth-order valence-corrected chi connectivity index (χ4v) is 5.29. The van der Waals surface area contributed by atoms with Crippen molar-refractivity contribution in [3.8, 4) is 0 Å². The van der Waals surface area contributed by atoms with Crippen LogP contribution in [0.5, 0.6) is 0 Å². The molecule has 2 fully saturated rings. The summed E-state index contributed by atoms with van der Waals surface area (Å²) in [6, 6.07) is 7.76. The molecule has 0 spiro atoms. The van der Waals surface area contributed by atoms with Crippen LogP contribution in [0.3, 0.4) is 0 Å². The van der Waals surface area contributed by atoms with Crippen LogP contribution in [0.1, 0.15) is 72.3 Å². The van der Waals surface area contributed by atoms with Gasteiger partial charge in [0.2, 0.25) is 0 Å². The summed E-state index contributed by atoms with van der Waals surface area (Å²) in [7, 11) is 0. The van der Waals surface area contributed by atoms with Crippen LogP contribution in [0, 0.1) is 5.41 Å². The van der Waals surface area contributed by atoms with Crippen LogP contribution in [0.2, 0.25) is 0 Å². The Kier molecular flexibility index (Phi) is 10.1. The molecule has 1 aromatic carbocycles. The molecule has 2 aliphatic heterocycles. The Morgan fingerprint density at radius 2 is 1.82 bits per heavy atom. The van der Waals surface area contributed by atoms with Crippen LogP contribution >= 0.6 is 0 Å². The Bertz CT molecular complexity index is 1030. The van der Waals surface area contributed by atoms with Crippen molar-refractivity contribution in [2.24, 2.45) is 5.41 Å². The summed E-state index contributed by atoms with van der Waals surface area (Å²) in [6.45, 7) is 9.74. The molecule has 216 valence electrons. The number of hydrazine groups is 1. The summed E-state index contributed by atoms with van der Waals surface area (Å²) in [5.74, 6) is -2.59. The molecule has 0 aromatic heterocycles. The third kappa shape index (κ3) is 7.16. The van der Waals surface area contributed by atoms with Gasteiger partial charge in [0.1, 0.15) is 23.7 Å². The number of carboxylic acid groups (broad SMARTS) is 1. The highest BCUT2D eigenvalue weighted by Gasteiger charge is 2.55. The van der Waals surface area contributed by atoms with Gasteiger partial charge in [-0.25, -0.2) is 9.80 Å². The maximum Gasteiger partial charge on any atom is 0.328 e. The first-order chi connectivity index (χ1) is 18.4. The van der Waals surface area contributed by atoms with Crippen LogP contribution in [0.4, 0.5) is 0 Å². The number of amides is 1. The van der Waals surface area contributed by atoms with E-state index in [1.165, 1.54) is 5.01 Å². The Morgan fingerprint density at radius 3 is 2.44 bits per heavy atom. The van der Waals surface area contributed by atoms with Gasteiger partial charge in [0.15, 0.2) is 0 Å². The van der Waals surface area contributed by atoms with E-state index in [1.807, 2.05) is 30.3 Å². The van der Waals surface area contributed by atoms with Gasteiger partial charge in [-0.2, -0.15) is 0 Å². The number of hydrogen-bond donors (Lipinski definition) is 2. The molecule has 2 saturated heterocycles. The normalized spacial score (nSPS) is 23.8. The van der Waals surface area contributed by atoms with Crippen LogP contribution < -0.4 is 5.32 Å². The van der Waals surface area contributed by atoms with Crippen molar-refractivity contribution < 1.29 is 33.8 Å². The van der Waals surface area contributed by atoms with E-state index < -0.39 is 53.0 Å². The van der Waals surface area contributed by atoms with E-state index in [-0.39, 0.29) is 13.0 Å². The van der Waals surface area contributed by atoms with Crippen LogP contribution in [-0.2, 0) is 35.1 Å². The first-order valence-electron chi connectivity index (χ1n) is 13.9. The van der Waals surface area contributed by atoms with E-state index in [9.17, 15) is 24.3 Å². The zero-order chi connectivity index (χ0) is 28.8. The first kappa shape index (κ1) is 30.6. The van der Waals surface area contributed by atoms with Crippen molar-refractivity contribution in [3.63, 3.8) is 0 Å². The van der Waals surface area contributed by atoms with Gasteiger partial charge in [-0.15, -0.1) is 0 Å². The minimum atomic E-state index is -1.53. The smallest absolute Gasteiger partial charge is 0.328 e. The van der Waals surface area contributed by atoms with Gasteiger partial charge in [-0.05, 0) is 78.7 Å². The summed E-state index contributed by atoms with van der Waals surface area (Å²) in [6.07, 6.45) is 1.66. The summed E-state index contributed by atoms with van der Waals surface area (Å²) in [5, 5.41) is 16.4. The van der Waals surface area contributed by atoms with E-state index in [4.69, 9.17) is 9.47 Å². The lowest BCUT2D eigenvalue weighted by Gasteiger charge is -2.46. The Balaban J connectivity index is 2.04. The third-order valence-corrected chi connectivity index (χ3v) is 7.51. The van der Waals surface area contributed by atoms with Crippen LogP contribution in [0.15, 0.2) is 30.3 Å². The fraction of sp³-hybridized carbons (Fsp3) is 0.655. The molecule has 10 heteroatoms. The van der Waals surface area contributed by atoms with Gasteiger partial charge >= 0.3 is 17.9 Å². The first-order valence-corrected chi connectivity index (χ1v) is 13.9. The van der Waals surface area contributed by atoms with E-state index in [0.29, 0.717) is 45.2 Å². The van der Waals surface area contributed by atoms with E-state index in [0.717, 1.165) is 5.56 Å². The van der Waals surface area contributed by atoms with Crippen molar-refractivity contribution in [1.82, 2.24) is 15.3 Å². The second-order valence-electron chi connectivity index (χ2n) is 11.4. The Labute approximate surface area is 231 Å². The Morgan fingerprint density at radius 1 is 1.15 bits per heavy atom. The number of carbonyl (C=O) groups is 4. The summed E-state index contributed by atoms with van der Waals surface area (Å²) < 4.78 is 11.3. The molecular formula is C29H43N3O7. The predicted octanol–water partition coefficient (Wildman–Crippen LogP) is 2.94. The minimum Gasteiger partial charge on any atom is -0.480 e. The molecule has 4 atom stereocenters. The molecule has 2 heterocycles. The fourth-order valence-electron chi connectivity index (χ4n) is 5.29. The maximum absolute atomic E-state index is 14.5. The highest BCUT2D eigenvalue weighted by molar-refractivity contribution is 5.92. The number of nitrogens with one attached hydrogen (secondary N) is 1. The zero-order valence-electron chi connectivity index (χ0n) is 23.8. The number of rotatable bonds is 10. The second kappa shape index (κ2) is 12.9. The summed E-state index contributed by atoms with van der Waals surface area (Å²) in [5.41, 5.74) is -1.33. The molecule has 1 unspecified atom stereocenters. The van der Waals surface area contributed by atoms with Gasteiger partial charge in [0, 0.05) is 13.1 Å². The van der Waals surface area contributed by atoms with Gasteiger partial charge in [0.25, 0.3) is 5.91 Å². The number of esters is 2.